The minimum Gasteiger partial charge on any atom is -0.383 e. The number of aromatic nitrogens is 1. The number of ether oxygens (including phenoxy) is 2. The number of anilines is 1. The summed E-state index contributed by atoms with van der Waals surface area (Å²) in [5.74, 6) is -3.81. The first-order valence-electron chi connectivity index (χ1n) is 5.77. The predicted octanol–water partition coefficient (Wildman–Crippen LogP) is 1.99. The molecule has 108 valence electrons. The summed E-state index contributed by atoms with van der Waals surface area (Å²) in [4.78, 5) is 4.80. The van der Waals surface area contributed by atoms with Crippen molar-refractivity contribution < 1.29 is 22.6 Å². The second-order valence-corrected chi connectivity index (χ2v) is 4.06. The van der Waals surface area contributed by atoms with Crippen LogP contribution in [0.15, 0.2) is 6.07 Å². The monoisotopic (exact) mass is 278 g/mol. The zero-order chi connectivity index (χ0) is 14.4. The topological polar surface area (TPSA) is 34.6 Å². The van der Waals surface area contributed by atoms with Crippen LogP contribution in [0.5, 0.6) is 0 Å². The molecule has 0 aliphatic carbocycles. The van der Waals surface area contributed by atoms with Crippen LogP contribution < -0.4 is 4.90 Å². The lowest BCUT2D eigenvalue weighted by molar-refractivity contribution is 0.170. The molecule has 1 rings (SSSR count). The van der Waals surface area contributed by atoms with Crippen molar-refractivity contribution in [1.29, 1.82) is 0 Å². The number of hydrogen-bond acceptors (Lipinski definition) is 4. The van der Waals surface area contributed by atoms with Crippen LogP contribution in [0.3, 0.4) is 0 Å². The van der Waals surface area contributed by atoms with E-state index in [1.165, 1.54) is 19.1 Å². The normalized spacial score (nSPS) is 12.5. The molecule has 19 heavy (non-hydrogen) atoms. The van der Waals surface area contributed by atoms with Crippen molar-refractivity contribution in [2.75, 3.05) is 38.9 Å². The highest BCUT2D eigenvalue weighted by molar-refractivity contribution is 5.41. The van der Waals surface area contributed by atoms with E-state index in [-0.39, 0.29) is 18.4 Å². The fourth-order valence-corrected chi connectivity index (χ4v) is 1.69. The van der Waals surface area contributed by atoms with E-state index in [0.717, 1.165) is 0 Å². The summed E-state index contributed by atoms with van der Waals surface area (Å²) < 4.78 is 49.6. The summed E-state index contributed by atoms with van der Waals surface area (Å²) in [5.41, 5.74) is 0. The van der Waals surface area contributed by atoms with E-state index in [1.807, 2.05) is 0 Å². The fourth-order valence-electron chi connectivity index (χ4n) is 1.69. The van der Waals surface area contributed by atoms with Gasteiger partial charge in [0.2, 0.25) is 0 Å². The Bertz CT molecular complexity index is 418. The Morgan fingerprint density at radius 3 is 2.47 bits per heavy atom. The van der Waals surface area contributed by atoms with E-state index in [9.17, 15) is 13.2 Å². The Morgan fingerprint density at radius 1 is 1.21 bits per heavy atom. The van der Waals surface area contributed by atoms with E-state index < -0.39 is 17.6 Å². The molecule has 0 amide bonds. The molecule has 0 bridgehead atoms. The average Bonchev–Trinajstić information content (AvgIpc) is 2.36. The van der Waals surface area contributed by atoms with E-state index in [1.54, 1.807) is 6.92 Å². The van der Waals surface area contributed by atoms with Crippen LogP contribution in [0.1, 0.15) is 6.92 Å². The van der Waals surface area contributed by atoms with Crippen molar-refractivity contribution in [1.82, 2.24) is 4.98 Å². The summed E-state index contributed by atoms with van der Waals surface area (Å²) in [6.07, 6.45) is 0. The van der Waals surface area contributed by atoms with Crippen LogP contribution in [0, 0.1) is 17.6 Å². The molecule has 1 aromatic rings. The van der Waals surface area contributed by atoms with Gasteiger partial charge in [0.05, 0.1) is 19.3 Å². The Hall–Kier alpha value is -1.34. The maximum Gasteiger partial charge on any atom is 0.251 e. The van der Waals surface area contributed by atoms with Gasteiger partial charge in [-0.1, -0.05) is 0 Å². The highest BCUT2D eigenvalue weighted by Gasteiger charge is 2.21. The Morgan fingerprint density at radius 2 is 1.89 bits per heavy atom. The Kier molecular flexibility index (Phi) is 6.04. The van der Waals surface area contributed by atoms with Crippen LogP contribution in [-0.4, -0.2) is 45.0 Å². The average molecular weight is 278 g/mol. The summed E-state index contributed by atoms with van der Waals surface area (Å²) in [6.45, 7) is 2.65. The van der Waals surface area contributed by atoms with E-state index in [2.05, 4.69) is 4.98 Å². The fraction of sp³-hybridized carbons (Fsp3) is 0.583. The number of rotatable bonds is 7. The molecule has 4 nitrogen and oxygen atoms in total. The number of nitrogens with zero attached hydrogens (tertiary/aromatic N) is 2. The molecular formula is C12H17F3N2O2. The zero-order valence-corrected chi connectivity index (χ0v) is 11.1. The second-order valence-electron chi connectivity index (χ2n) is 4.06. The maximum atomic E-state index is 13.7. The molecule has 0 saturated heterocycles. The minimum atomic E-state index is -1.33. The molecule has 1 atom stereocenters. The molecule has 1 unspecified atom stereocenters. The largest absolute Gasteiger partial charge is 0.383 e. The zero-order valence-electron chi connectivity index (χ0n) is 11.1. The molecule has 0 spiro atoms. The van der Waals surface area contributed by atoms with Crippen LogP contribution >= 0.6 is 0 Å². The van der Waals surface area contributed by atoms with E-state index >= 15 is 0 Å². The first-order valence-corrected chi connectivity index (χ1v) is 5.77. The van der Waals surface area contributed by atoms with Gasteiger partial charge in [-0.2, -0.15) is 9.37 Å². The third-order valence-electron chi connectivity index (χ3n) is 2.62. The van der Waals surface area contributed by atoms with Gasteiger partial charge in [0, 0.05) is 26.8 Å². The number of halogens is 3. The molecule has 0 N–H and O–H groups in total. The van der Waals surface area contributed by atoms with E-state index in [4.69, 9.17) is 9.47 Å². The molecule has 0 fully saturated rings. The lowest BCUT2D eigenvalue weighted by atomic mass is 10.2. The molecule has 0 aliphatic rings. The van der Waals surface area contributed by atoms with Crippen molar-refractivity contribution >= 4 is 5.82 Å². The van der Waals surface area contributed by atoms with Crippen molar-refractivity contribution in [2.24, 2.45) is 0 Å². The van der Waals surface area contributed by atoms with E-state index in [0.29, 0.717) is 19.3 Å². The quantitative estimate of drug-likeness (QED) is 0.714. The van der Waals surface area contributed by atoms with Crippen LogP contribution in [0.4, 0.5) is 19.0 Å². The number of pyridine rings is 1. The summed E-state index contributed by atoms with van der Waals surface area (Å²) in [5, 5.41) is 0. The lowest BCUT2D eigenvalue weighted by Gasteiger charge is -2.29. The highest BCUT2D eigenvalue weighted by Crippen LogP contribution is 2.21. The standard InChI is InChI=1S/C12H17F3N2O2/c1-8(7-19-3)17(4-5-18-2)12-10(14)6-9(13)11(15)16-12/h6,8H,4-5,7H2,1-3H3. The van der Waals surface area contributed by atoms with Gasteiger partial charge in [-0.05, 0) is 6.92 Å². The van der Waals surface area contributed by atoms with Gasteiger partial charge in [-0.25, -0.2) is 8.78 Å². The van der Waals surface area contributed by atoms with Gasteiger partial charge in [0.25, 0.3) is 5.95 Å². The molecule has 0 aromatic carbocycles. The van der Waals surface area contributed by atoms with Gasteiger partial charge in [0.1, 0.15) is 0 Å². The molecule has 0 aliphatic heterocycles. The molecular weight excluding hydrogens is 261 g/mol. The molecule has 0 radical (unpaired) electrons. The van der Waals surface area contributed by atoms with Gasteiger partial charge >= 0.3 is 0 Å². The smallest absolute Gasteiger partial charge is 0.251 e. The highest BCUT2D eigenvalue weighted by atomic mass is 19.2. The number of methoxy groups -OCH3 is 2. The van der Waals surface area contributed by atoms with Gasteiger partial charge in [0.15, 0.2) is 17.5 Å². The third-order valence-corrected chi connectivity index (χ3v) is 2.62. The minimum absolute atomic E-state index is 0.250. The number of hydrogen-bond donors (Lipinski definition) is 0. The first kappa shape index (κ1) is 15.7. The third kappa shape index (κ3) is 4.07. The van der Waals surface area contributed by atoms with Gasteiger partial charge in [-0.15, -0.1) is 0 Å². The Balaban J connectivity index is 3.05. The maximum absolute atomic E-state index is 13.7. The summed E-state index contributed by atoms with van der Waals surface area (Å²) in [6, 6.07) is 0.226. The molecule has 1 aromatic heterocycles. The van der Waals surface area contributed by atoms with Crippen molar-refractivity contribution in [2.45, 2.75) is 13.0 Å². The summed E-state index contributed by atoms with van der Waals surface area (Å²) in [7, 11) is 2.99. The molecule has 0 saturated carbocycles. The molecule has 7 heteroatoms. The molecule has 1 heterocycles. The lowest BCUT2D eigenvalue weighted by Crippen LogP contribution is -2.40. The predicted molar refractivity (Wildman–Crippen MR) is 64.7 cm³/mol. The summed E-state index contributed by atoms with van der Waals surface area (Å²) >= 11 is 0. The van der Waals surface area contributed by atoms with Crippen molar-refractivity contribution in [3.8, 4) is 0 Å². The second kappa shape index (κ2) is 7.30. The van der Waals surface area contributed by atoms with Crippen LogP contribution in [-0.2, 0) is 9.47 Å². The Labute approximate surface area is 110 Å². The first-order chi connectivity index (χ1) is 9.01. The van der Waals surface area contributed by atoms with Gasteiger partial charge < -0.3 is 14.4 Å². The van der Waals surface area contributed by atoms with Crippen LogP contribution in [0.2, 0.25) is 0 Å². The van der Waals surface area contributed by atoms with Crippen molar-refractivity contribution in [3.63, 3.8) is 0 Å². The van der Waals surface area contributed by atoms with Crippen LogP contribution in [0.25, 0.3) is 0 Å². The van der Waals surface area contributed by atoms with Crippen molar-refractivity contribution in [3.05, 3.63) is 23.6 Å². The van der Waals surface area contributed by atoms with Gasteiger partial charge in [-0.3, -0.25) is 0 Å². The SMILES string of the molecule is COCCN(c1nc(F)c(F)cc1F)C(C)COC.